The Morgan fingerprint density at radius 1 is 1.24 bits per heavy atom. The molecule has 10 heteroatoms. The van der Waals surface area contributed by atoms with E-state index in [4.69, 9.17) is 20.4 Å². The van der Waals surface area contributed by atoms with E-state index in [0.29, 0.717) is 50.8 Å². The Balaban J connectivity index is 1.69. The van der Waals surface area contributed by atoms with Gasteiger partial charge in [0.05, 0.1) is 37.5 Å². The van der Waals surface area contributed by atoms with E-state index < -0.39 is 6.04 Å². The van der Waals surface area contributed by atoms with Gasteiger partial charge in [0.1, 0.15) is 5.82 Å². The van der Waals surface area contributed by atoms with E-state index in [1.807, 2.05) is 31.2 Å². The quantitative estimate of drug-likeness (QED) is 0.612. The van der Waals surface area contributed by atoms with Crippen molar-refractivity contribution in [2.75, 3.05) is 43.1 Å². The lowest BCUT2D eigenvalue weighted by atomic mass is 10.0. The molecular weight excluding hydrogens is 434 g/mol. The fraction of sp³-hybridized carbons (Fsp3) is 0.500. The molecule has 4 rings (SSSR count). The minimum Gasteiger partial charge on any atom is -0.377 e. The number of anilines is 2. The van der Waals surface area contributed by atoms with Gasteiger partial charge in [0.25, 0.3) is 0 Å². The van der Waals surface area contributed by atoms with Gasteiger partial charge in [-0.25, -0.2) is 14.8 Å². The molecule has 182 valence electrons. The maximum atomic E-state index is 12.6. The number of hydrogen-bond acceptors (Lipinski definition) is 7. The average molecular weight is 468 g/mol. The Bertz CT molecular complexity index is 1040. The molecule has 1 fully saturated rings. The van der Waals surface area contributed by atoms with E-state index >= 15 is 0 Å². The number of amides is 3. The summed E-state index contributed by atoms with van der Waals surface area (Å²) in [6.07, 6.45) is 0.683. The molecule has 0 spiro atoms. The molecule has 1 aromatic heterocycles. The summed E-state index contributed by atoms with van der Waals surface area (Å²) in [6.45, 7) is 9.31. The van der Waals surface area contributed by atoms with Gasteiger partial charge in [-0.3, -0.25) is 4.79 Å². The summed E-state index contributed by atoms with van der Waals surface area (Å²) in [7, 11) is 0. The molecule has 3 heterocycles. The molecule has 2 atom stereocenters. The van der Waals surface area contributed by atoms with E-state index in [9.17, 15) is 9.59 Å². The number of carbonyl (C=O) groups is 2. The fourth-order valence-electron chi connectivity index (χ4n) is 4.33. The Labute approximate surface area is 199 Å². The zero-order valence-electron chi connectivity index (χ0n) is 20.0. The van der Waals surface area contributed by atoms with E-state index in [1.165, 1.54) is 0 Å². The van der Waals surface area contributed by atoms with Crippen LogP contribution in [0, 0.1) is 0 Å². The first-order valence-corrected chi connectivity index (χ1v) is 11.8. The number of fused-ring (bicyclic) bond motifs is 1. The molecule has 2 unspecified atom stereocenters. The molecule has 34 heavy (non-hydrogen) atoms. The van der Waals surface area contributed by atoms with Crippen LogP contribution in [0.2, 0.25) is 0 Å². The number of carbonyl (C=O) groups excluding carboxylic acids is 2. The molecule has 10 nitrogen and oxygen atoms in total. The molecule has 0 radical (unpaired) electrons. The van der Waals surface area contributed by atoms with Crippen LogP contribution in [0.4, 0.5) is 16.3 Å². The highest BCUT2D eigenvalue weighted by atomic mass is 16.5. The third-order valence-corrected chi connectivity index (χ3v) is 6.12. The van der Waals surface area contributed by atoms with Gasteiger partial charge in [-0.05, 0) is 51.5 Å². The van der Waals surface area contributed by atoms with E-state index in [2.05, 4.69) is 22.5 Å². The number of aromatic nitrogens is 2. The van der Waals surface area contributed by atoms with Crippen molar-refractivity contribution in [1.29, 1.82) is 0 Å². The third kappa shape index (κ3) is 5.13. The highest BCUT2D eigenvalue weighted by Gasteiger charge is 2.31. The second-order valence-corrected chi connectivity index (χ2v) is 8.77. The smallest absolute Gasteiger partial charge is 0.319 e. The monoisotopic (exact) mass is 467 g/mol. The zero-order valence-corrected chi connectivity index (χ0v) is 20.0. The van der Waals surface area contributed by atoms with Gasteiger partial charge in [-0.1, -0.05) is 0 Å². The third-order valence-electron chi connectivity index (χ3n) is 6.12. The molecule has 1 aromatic carbocycles. The fourth-order valence-corrected chi connectivity index (χ4v) is 4.33. The first-order valence-electron chi connectivity index (χ1n) is 11.8. The maximum absolute atomic E-state index is 12.6. The average Bonchev–Trinajstić information content (AvgIpc) is 2.83. The van der Waals surface area contributed by atoms with Crippen LogP contribution >= 0.6 is 0 Å². The van der Waals surface area contributed by atoms with Crippen LogP contribution in [0.1, 0.15) is 32.0 Å². The van der Waals surface area contributed by atoms with Gasteiger partial charge < -0.3 is 30.9 Å². The summed E-state index contributed by atoms with van der Waals surface area (Å²) in [5.41, 5.74) is 9.31. The molecule has 1 saturated heterocycles. The van der Waals surface area contributed by atoms with Crippen LogP contribution in [0.3, 0.4) is 0 Å². The standard InChI is InChI=1S/C24H33N7O3/c1-4-26-24(33)27-18-7-5-17(6-8-18)21-28-20-13-30(23(32)16(3)25)10-9-19(20)22(29-21)31-11-12-34-14-15(31)2/h5-8,15-16H,4,9-14,25H2,1-3H3,(H2,26,27,33). The van der Waals surface area contributed by atoms with E-state index in [-0.39, 0.29) is 18.0 Å². The van der Waals surface area contributed by atoms with Crippen molar-refractivity contribution >= 4 is 23.4 Å². The van der Waals surface area contributed by atoms with Crippen LogP contribution < -0.4 is 21.3 Å². The van der Waals surface area contributed by atoms with Crippen molar-refractivity contribution in [3.63, 3.8) is 0 Å². The summed E-state index contributed by atoms with van der Waals surface area (Å²) in [5.74, 6) is 1.42. The Morgan fingerprint density at radius 2 is 2.00 bits per heavy atom. The summed E-state index contributed by atoms with van der Waals surface area (Å²) >= 11 is 0. The highest BCUT2D eigenvalue weighted by Crippen LogP contribution is 2.31. The highest BCUT2D eigenvalue weighted by molar-refractivity contribution is 5.89. The van der Waals surface area contributed by atoms with Crippen molar-refractivity contribution in [1.82, 2.24) is 20.2 Å². The molecule has 3 amide bonds. The minimum absolute atomic E-state index is 0.0760. The topological polar surface area (TPSA) is 126 Å². The molecule has 0 aliphatic carbocycles. The molecule has 2 aromatic rings. The van der Waals surface area contributed by atoms with Gasteiger partial charge in [0, 0.05) is 36.4 Å². The van der Waals surface area contributed by atoms with E-state index in [0.717, 1.165) is 29.2 Å². The largest absolute Gasteiger partial charge is 0.377 e. The predicted octanol–water partition coefficient (Wildman–Crippen LogP) is 1.74. The number of urea groups is 1. The van der Waals surface area contributed by atoms with Crippen molar-refractivity contribution in [2.45, 2.75) is 45.8 Å². The Kier molecular flexibility index (Phi) is 7.28. The van der Waals surface area contributed by atoms with Crippen molar-refractivity contribution in [3.05, 3.63) is 35.5 Å². The lowest BCUT2D eigenvalue weighted by Gasteiger charge is -2.38. The number of rotatable bonds is 5. The molecule has 4 N–H and O–H groups in total. The lowest BCUT2D eigenvalue weighted by Crippen LogP contribution is -2.47. The second kappa shape index (κ2) is 10.4. The predicted molar refractivity (Wildman–Crippen MR) is 131 cm³/mol. The molecule has 2 aliphatic heterocycles. The van der Waals surface area contributed by atoms with Gasteiger partial charge in [0.15, 0.2) is 5.82 Å². The second-order valence-electron chi connectivity index (χ2n) is 8.77. The van der Waals surface area contributed by atoms with Gasteiger partial charge >= 0.3 is 6.03 Å². The zero-order chi connectivity index (χ0) is 24.2. The van der Waals surface area contributed by atoms with Gasteiger partial charge in [-0.15, -0.1) is 0 Å². The van der Waals surface area contributed by atoms with Crippen molar-refractivity contribution < 1.29 is 14.3 Å². The minimum atomic E-state index is -0.549. The van der Waals surface area contributed by atoms with Crippen LogP contribution in [-0.4, -0.2) is 71.7 Å². The van der Waals surface area contributed by atoms with Crippen LogP contribution in [-0.2, 0) is 22.5 Å². The summed E-state index contributed by atoms with van der Waals surface area (Å²) in [4.78, 5) is 38.3. The van der Waals surface area contributed by atoms with Gasteiger partial charge in [-0.2, -0.15) is 0 Å². The number of morpholine rings is 1. The van der Waals surface area contributed by atoms with Gasteiger partial charge in [0.2, 0.25) is 5.91 Å². The number of hydrogen-bond donors (Lipinski definition) is 3. The van der Waals surface area contributed by atoms with Crippen molar-refractivity contribution in [3.8, 4) is 11.4 Å². The molecular formula is C24H33N7O3. The first kappa shape index (κ1) is 23.9. The lowest BCUT2D eigenvalue weighted by molar-refractivity contribution is -0.133. The summed E-state index contributed by atoms with van der Waals surface area (Å²) in [5, 5.41) is 5.51. The Hall–Kier alpha value is -3.24. The SMILES string of the molecule is CCNC(=O)Nc1ccc(-c2nc3c(c(N4CCOCC4C)n2)CCN(C(=O)C(C)N)C3)cc1. The summed E-state index contributed by atoms with van der Waals surface area (Å²) < 4.78 is 5.64. The number of benzene rings is 1. The molecule has 0 saturated carbocycles. The Morgan fingerprint density at radius 3 is 2.68 bits per heavy atom. The number of nitrogens with zero attached hydrogens (tertiary/aromatic N) is 4. The maximum Gasteiger partial charge on any atom is 0.319 e. The normalized spacial score (nSPS) is 18.8. The number of nitrogens with one attached hydrogen (secondary N) is 2. The van der Waals surface area contributed by atoms with E-state index in [1.54, 1.807) is 11.8 Å². The van der Waals surface area contributed by atoms with Crippen molar-refractivity contribution in [2.24, 2.45) is 5.73 Å². The number of nitrogens with two attached hydrogens (primary N) is 1. The molecule has 0 bridgehead atoms. The number of ether oxygens (including phenoxy) is 1. The van der Waals surface area contributed by atoms with Crippen LogP contribution in [0.5, 0.6) is 0 Å². The van der Waals surface area contributed by atoms with Crippen LogP contribution in [0.15, 0.2) is 24.3 Å². The first-order chi connectivity index (χ1) is 16.4. The van der Waals surface area contributed by atoms with Crippen LogP contribution in [0.25, 0.3) is 11.4 Å². The summed E-state index contributed by atoms with van der Waals surface area (Å²) in [6, 6.07) is 6.84. The molecule has 2 aliphatic rings.